The van der Waals surface area contributed by atoms with Gasteiger partial charge in [0, 0.05) is 23.7 Å². The highest BCUT2D eigenvalue weighted by atomic mass is 16.5. The molecule has 1 aromatic heterocycles. The number of hydrogen-bond donors (Lipinski definition) is 1. The van der Waals surface area contributed by atoms with E-state index in [1.807, 2.05) is 18.2 Å². The molecular weight excluding hydrogens is 312 g/mol. The predicted octanol–water partition coefficient (Wildman–Crippen LogP) is 3.15. The Morgan fingerprint density at radius 2 is 1.80 bits per heavy atom. The molecule has 1 N–H and O–H groups in total. The molecule has 2 saturated heterocycles. The molecule has 0 aliphatic carbocycles. The molecule has 2 bridgehead atoms. The molecule has 124 valence electrons. The molecule has 0 spiro atoms. The Bertz CT molecular complexity index is 868. The van der Waals surface area contributed by atoms with E-state index in [2.05, 4.69) is 22.4 Å². The zero-order valence-corrected chi connectivity index (χ0v) is 13.8. The summed E-state index contributed by atoms with van der Waals surface area (Å²) in [7, 11) is 0. The maximum Gasteiger partial charge on any atom is 0.215 e. The predicted molar refractivity (Wildman–Crippen MR) is 92.7 cm³/mol. The number of hydrogen-bond acceptors (Lipinski definition) is 5. The van der Waals surface area contributed by atoms with Crippen LogP contribution in [-0.4, -0.2) is 23.2 Å². The fourth-order valence-electron chi connectivity index (χ4n) is 3.84. The summed E-state index contributed by atoms with van der Waals surface area (Å²) in [6.45, 7) is 0. The standard InChI is InChI=1S/C20H18N4O/c21-11-13-7-19(18-4-2-1-3-14(18)12-22)24-20(8-13)25-17-9-15-5-6-16(10-17)23-15/h1-4,7-8,15-17,23H,5-6,9-10H2/t15-,16-/m1/s1. The van der Waals surface area contributed by atoms with Crippen LogP contribution in [0.1, 0.15) is 36.8 Å². The van der Waals surface area contributed by atoms with Gasteiger partial charge in [-0.25, -0.2) is 4.98 Å². The summed E-state index contributed by atoms with van der Waals surface area (Å²) in [6, 6.07) is 16.1. The fraction of sp³-hybridized carbons (Fsp3) is 0.350. The molecule has 2 aliphatic rings. The van der Waals surface area contributed by atoms with Gasteiger partial charge in [0.05, 0.1) is 29.0 Å². The van der Waals surface area contributed by atoms with E-state index in [0.29, 0.717) is 34.8 Å². The van der Waals surface area contributed by atoms with Crippen LogP contribution in [0.2, 0.25) is 0 Å². The van der Waals surface area contributed by atoms with E-state index in [1.165, 1.54) is 12.8 Å². The first-order valence-corrected chi connectivity index (χ1v) is 8.59. The number of aromatic nitrogens is 1. The van der Waals surface area contributed by atoms with Crippen LogP contribution in [0.4, 0.5) is 0 Å². The van der Waals surface area contributed by atoms with Crippen LogP contribution in [0, 0.1) is 22.7 Å². The van der Waals surface area contributed by atoms with Crippen molar-refractivity contribution in [3.8, 4) is 29.3 Å². The van der Waals surface area contributed by atoms with Crippen molar-refractivity contribution in [1.82, 2.24) is 10.3 Å². The topological polar surface area (TPSA) is 81.7 Å². The van der Waals surface area contributed by atoms with Gasteiger partial charge in [-0.05, 0) is 37.8 Å². The van der Waals surface area contributed by atoms with E-state index in [4.69, 9.17) is 4.74 Å². The van der Waals surface area contributed by atoms with Crippen molar-refractivity contribution in [1.29, 1.82) is 10.5 Å². The van der Waals surface area contributed by atoms with Crippen molar-refractivity contribution < 1.29 is 4.74 Å². The average molecular weight is 330 g/mol. The summed E-state index contributed by atoms with van der Waals surface area (Å²) in [6.07, 6.45) is 4.48. The summed E-state index contributed by atoms with van der Waals surface area (Å²) in [4.78, 5) is 4.58. The first kappa shape index (κ1) is 15.6. The van der Waals surface area contributed by atoms with E-state index in [1.54, 1.807) is 18.2 Å². The van der Waals surface area contributed by atoms with Gasteiger partial charge in [-0.15, -0.1) is 0 Å². The van der Waals surface area contributed by atoms with E-state index in [-0.39, 0.29) is 6.10 Å². The number of pyridine rings is 1. The van der Waals surface area contributed by atoms with Crippen LogP contribution >= 0.6 is 0 Å². The molecule has 2 atom stereocenters. The minimum atomic E-state index is 0.124. The summed E-state index contributed by atoms with van der Waals surface area (Å²) < 4.78 is 6.13. The van der Waals surface area contributed by atoms with E-state index in [9.17, 15) is 10.5 Å². The number of rotatable bonds is 3. The lowest BCUT2D eigenvalue weighted by molar-refractivity contribution is 0.132. The molecule has 0 unspecified atom stereocenters. The second-order valence-corrected chi connectivity index (χ2v) is 6.70. The Hall–Kier alpha value is -2.89. The number of nitriles is 2. The Morgan fingerprint density at radius 3 is 2.52 bits per heavy atom. The second-order valence-electron chi connectivity index (χ2n) is 6.70. The quantitative estimate of drug-likeness (QED) is 0.935. The first-order chi connectivity index (χ1) is 12.2. The summed E-state index contributed by atoms with van der Waals surface area (Å²) >= 11 is 0. The minimum Gasteiger partial charge on any atom is -0.474 e. The van der Waals surface area contributed by atoms with Gasteiger partial charge in [-0.3, -0.25) is 0 Å². The molecule has 2 aliphatic heterocycles. The van der Waals surface area contributed by atoms with Crippen molar-refractivity contribution in [3.05, 3.63) is 47.5 Å². The molecule has 0 saturated carbocycles. The normalized spacial score (nSPS) is 24.3. The third-order valence-electron chi connectivity index (χ3n) is 4.97. The highest BCUT2D eigenvalue weighted by Gasteiger charge is 2.34. The van der Waals surface area contributed by atoms with E-state index in [0.717, 1.165) is 18.4 Å². The van der Waals surface area contributed by atoms with Gasteiger partial charge in [0.15, 0.2) is 0 Å². The van der Waals surface area contributed by atoms with Gasteiger partial charge >= 0.3 is 0 Å². The number of fused-ring (bicyclic) bond motifs is 2. The van der Waals surface area contributed by atoms with Gasteiger partial charge in [0.2, 0.25) is 5.88 Å². The van der Waals surface area contributed by atoms with Crippen molar-refractivity contribution in [2.24, 2.45) is 0 Å². The monoisotopic (exact) mass is 330 g/mol. The maximum absolute atomic E-state index is 9.35. The second kappa shape index (κ2) is 6.55. The first-order valence-electron chi connectivity index (χ1n) is 8.59. The molecule has 1 aromatic carbocycles. The highest BCUT2D eigenvalue weighted by Crippen LogP contribution is 2.31. The van der Waals surface area contributed by atoms with Crippen LogP contribution in [-0.2, 0) is 0 Å². The van der Waals surface area contributed by atoms with Crippen molar-refractivity contribution in [2.45, 2.75) is 43.9 Å². The lowest BCUT2D eigenvalue weighted by atomic mass is 10.0. The van der Waals surface area contributed by atoms with Gasteiger partial charge < -0.3 is 10.1 Å². The van der Waals surface area contributed by atoms with Crippen LogP contribution in [0.5, 0.6) is 5.88 Å². The molecule has 5 heteroatoms. The zero-order valence-electron chi connectivity index (χ0n) is 13.8. The number of benzene rings is 1. The molecule has 3 heterocycles. The number of piperidine rings is 1. The Morgan fingerprint density at radius 1 is 1.04 bits per heavy atom. The Balaban J connectivity index is 1.65. The minimum absolute atomic E-state index is 0.124. The van der Waals surface area contributed by atoms with Gasteiger partial charge in [0.1, 0.15) is 6.10 Å². The van der Waals surface area contributed by atoms with Crippen LogP contribution in [0.25, 0.3) is 11.3 Å². The highest BCUT2D eigenvalue weighted by molar-refractivity contribution is 5.68. The fourth-order valence-corrected chi connectivity index (χ4v) is 3.84. The van der Waals surface area contributed by atoms with Crippen LogP contribution < -0.4 is 10.1 Å². The Labute approximate surface area is 146 Å². The van der Waals surface area contributed by atoms with E-state index < -0.39 is 0 Å². The van der Waals surface area contributed by atoms with Crippen molar-refractivity contribution >= 4 is 0 Å². The largest absolute Gasteiger partial charge is 0.474 e. The van der Waals surface area contributed by atoms with Crippen LogP contribution in [0.15, 0.2) is 36.4 Å². The van der Waals surface area contributed by atoms with Gasteiger partial charge in [-0.2, -0.15) is 10.5 Å². The number of nitrogens with zero attached hydrogens (tertiary/aromatic N) is 3. The summed E-state index contributed by atoms with van der Waals surface area (Å²) in [5.74, 6) is 0.466. The maximum atomic E-state index is 9.35. The summed E-state index contributed by atoms with van der Waals surface area (Å²) in [5, 5.41) is 22.3. The molecular formula is C20H18N4O. The number of ether oxygens (including phenoxy) is 1. The molecule has 2 aromatic rings. The lowest BCUT2D eigenvalue weighted by Gasteiger charge is -2.29. The van der Waals surface area contributed by atoms with Crippen molar-refractivity contribution in [3.63, 3.8) is 0 Å². The van der Waals surface area contributed by atoms with Gasteiger partial charge in [-0.1, -0.05) is 18.2 Å². The van der Waals surface area contributed by atoms with Crippen LogP contribution in [0.3, 0.4) is 0 Å². The summed E-state index contributed by atoms with van der Waals surface area (Å²) in [5.41, 5.74) is 2.35. The SMILES string of the molecule is N#Cc1cc(OC2C[C@H]3CC[C@H](C2)N3)nc(-c2ccccc2C#N)c1. The van der Waals surface area contributed by atoms with E-state index >= 15 is 0 Å². The number of nitrogens with one attached hydrogen (secondary N) is 1. The molecule has 4 rings (SSSR count). The Kier molecular flexibility index (Phi) is 4.09. The molecule has 0 amide bonds. The van der Waals surface area contributed by atoms with Crippen molar-refractivity contribution in [2.75, 3.05) is 0 Å². The average Bonchev–Trinajstić information content (AvgIpc) is 2.99. The smallest absolute Gasteiger partial charge is 0.215 e. The third-order valence-corrected chi connectivity index (χ3v) is 4.97. The lowest BCUT2D eigenvalue weighted by Crippen LogP contribution is -2.42. The molecule has 0 radical (unpaired) electrons. The zero-order chi connectivity index (χ0) is 17.2. The van der Waals surface area contributed by atoms with Gasteiger partial charge in [0.25, 0.3) is 0 Å². The molecule has 5 nitrogen and oxygen atoms in total. The molecule has 25 heavy (non-hydrogen) atoms. The molecule has 2 fully saturated rings. The third kappa shape index (κ3) is 3.20.